The van der Waals surface area contributed by atoms with Gasteiger partial charge in [0.25, 0.3) is 0 Å². The average molecular weight is 265 g/mol. The molecule has 0 bridgehead atoms. The van der Waals surface area contributed by atoms with E-state index in [4.69, 9.17) is 15.2 Å². The summed E-state index contributed by atoms with van der Waals surface area (Å²) in [6.07, 6.45) is 2.21. The van der Waals surface area contributed by atoms with Gasteiger partial charge in [0, 0.05) is 12.6 Å². The molecule has 0 radical (unpaired) electrons. The van der Waals surface area contributed by atoms with Crippen LogP contribution in [0.5, 0.6) is 0 Å². The van der Waals surface area contributed by atoms with E-state index in [2.05, 4.69) is 26.0 Å². The van der Waals surface area contributed by atoms with Crippen LogP contribution in [-0.4, -0.2) is 25.9 Å². The Morgan fingerprint density at radius 2 is 1.89 bits per heavy atom. The number of ether oxygens (including phenoxy) is 2. The number of nitrogens with two attached hydrogens (primary N) is 1. The lowest BCUT2D eigenvalue weighted by atomic mass is 9.99. The number of hydrogen-bond acceptors (Lipinski definition) is 3. The van der Waals surface area contributed by atoms with E-state index < -0.39 is 0 Å². The highest BCUT2D eigenvalue weighted by atomic mass is 16.5. The summed E-state index contributed by atoms with van der Waals surface area (Å²) in [6.45, 7) is 8.26. The van der Waals surface area contributed by atoms with Gasteiger partial charge in [-0.15, -0.1) is 0 Å². The molecular formula is C16H27NO2. The van der Waals surface area contributed by atoms with Crippen molar-refractivity contribution in [3.63, 3.8) is 0 Å². The van der Waals surface area contributed by atoms with Crippen molar-refractivity contribution in [3.8, 4) is 0 Å². The molecule has 1 rings (SSSR count). The van der Waals surface area contributed by atoms with Crippen molar-refractivity contribution < 1.29 is 9.47 Å². The fraction of sp³-hybridized carbons (Fsp3) is 0.625. The molecule has 0 aliphatic heterocycles. The SMILES string of the molecule is CCCCOCCOC(c1ccccc1C)C(C)N. The molecule has 2 N–H and O–H groups in total. The minimum absolute atomic E-state index is 0.0308. The van der Waals surface area contributed by atoms with Gasteiger partial charge in [-0.05, 0) is 31.4 Å². The third-order valence-electron chi connectivity index (χ3n) is 3.14. The molecule has 19 heavy (non-hydrogen) atoms. The lowest BCUT2D eigenvalue weighted by Gasteiger charge is -2.23. The van der Waals surface area contributed by atoms with E-state index in [0.717, 1.165) is 19.4 Å². The summed E-state index contributed by atoms with van der Waals surface area (Å²) in [6, 6.07) is 8.20. The number of hydrogen-bond donors (Lipinski definition) is 1. The Labute approximate surface area is 117 Å². The summed E-state index contributed by atoms with van der Waals surface area (Å²) in [4.78, 5) is 0. The minimum Gasteiger partial charge on any atom is -0.379 e. The molecular weight excluding hydrogens is 238 g/mol. The molecule has 2 atom stereocenters. The van der Waals surface area contributed by atoms with Gasteiger partial charge in [-0.25, -0.2) is 0 Å². The fourth-order valence-electron chi connectivity index (χ4n) is 2.01. The highest BCUT2D eigenvalue weighted by Crippen LogP contribution is 2.23. The molecule has 1 aromatic rings. The maximum Gasteiger partial charge on any atom is 0.0976 e. The maximum absolute atomic E-state index is 6.03. The Balaban J connectivity index is 2.44. The monoisotopic (exact) mass is 265 g/mol. The fourth-order valence-corrected chi connectivity index (χ4v) is 2.01. The van der Waals surface area contributed by atoms with Crippen molar-refractivity contribution >= 4 is 0 Å². The van der Waals surface area contributed by atoms with Crippen LogP contribution in [0.1, 0.15) is 43.9 Å². The second-order valence-corrected chi connectivity index (χ2v) is 4.97. The van der Waals surface area contributed by atoms with Gasteiger partial charge in [-0.2, -0.15) is 0 Å². The summed E-state index contributed by atoms with van der Waals surface area (Å²) in [7, 11) is 0. The number of benzene rings is 1. The predicted octanol–water partition coefficient (Wildman–Crippen LogP) is 3.22. The predicted molar refractivity (Wildman–Crippen MR) is 79.2 cm³/mol. The number of rotatable bonds is 9. The molecule has 0 aliphatic rings. The van der Waals surface area contributed by atoms with Crippen LogP contribution in [0.15, 0.2) is 24.3 Å². The standard InChI is InChI=1S/C16H27NO2/c1-4-5-10-18-11-12-19-16(14(3)17)15-9-7-6-8-13(15)2/h6-9,14,16H,4-5,10-12,17H2,1-3H3. The van der Waals surface area contributed by atoms with Crippen molar-refractivity contribution in [2.45, 2.75) is 45.8 Å². The van der Waals surface area contributed by atoms with Crippen LogP contribution in [-0.2, 0) is 9.47 Å². The average Bonchev–Trinajstić information content (AvgIpc) is 2.39. The number of aryl methyl sites for hydroxylation is 1. The van der Waals surface area contributed by atoms with Crippen LogP contribution in [0.25, 0.3) is 0 Å². The molecule has 0 aliphatic carbocycles. The smallest absolute Gasteiger partial charge is 0.0976 e. The van der Waals surface area contributed by atoms with Gasteiger partial charge in [0.15, 0.2) is 0 Å². The maximum atomic E-state index is 6.03. The van der Waals surface area contributed by atoms with Crippen LogP contribution in [0.4, 0.5) is 0 Å². The first-order valence-corrected chi connectivity index (χ1v) is 7.17. The molecule has 2 unspecified atom stereocenters. The molecule has 0 fully saturated rings. The van der Waals surface area contributed by atoms with Gasteiger partial charge in [0.05, 0.1) is 19.3 Å². The minimum atomic E-state index is -0.0593. The zero-order valence-corrected chi connectivity index (χ0v) is 12.4. The molecule has 108 valence electrons. The molecule has 0 saturated heterocycles. The lowest BCUT2D eigenvalue weighted by Crippen LogP contribution is -2.28. The molecule has 0 spiro atoms. The Morgan fingerprint density at radius 3 is 2.53 bits per heavy atom. The van der Waals surface area contributed by atoms with Crippen molar-refractivity contribution in [1.82, 2.24) is 0 Å². The Morgan fingerprint density at radius 1 is 1.16 bits per heavy atom. The molecule has 3 heteroatoms. The van der Waals surface area contributed by atoms with E-state index in [9.17, 15) is 0 Å². The summed E-state index contributed by atoms with van der Waals surface area (Å²) in [5.41, 5.74) is 8.43. The molecule has 0 saturated carbocycles. The third kappa shape index (κ3) is 5.72. The lowest BCUT2D eigenvalue weighted by molar-refractivity contribution is -0.00554. The van der Waals surface area contributed by atoms with Crippen molar-refractivity contribution in [3.05, 3.63) is 35.4 Å². The first-order chi connectivity index (χ1) is 9.16. The Hall–Kier alpha value is -0.900. The van der Waals surface area contributed by atoms with Gasteiger partial charge < -0.3 is 15.2 Å². The van der Waals surface area contributed by atoms with Crippen molar-refractivity contribution in [2.24, 2.45) is 5.73 Å². The zero-order chi connectivity index (χ0) is 14.1. The Kier molecular flexibility index (Phi) is 7.72. The van der Waals surface area contributed by atoms with Gasteiger partial charge >= 0.3 is 0 Å². The quantitative estimate of drug-likeness (QED) is 0.697. The summed E-state index contributed by atoms with van der Waals surface area (Å²) in [5.74, 6) is 0. The van der Waals surface area contributed by atoms with E-state index in [0.29, 0.717) is 13.2 Å². The molecule has 3 nitrogen and oxygen atoms in total. The van der Waals surface area contributed by atoms with Crippen molar-refractivity contribution in [2.75, 3.05) is 19.8 Å². The van der Waals surface area contributed by atoms with E-state index in [1.54, 1.807) is 0 Å². The second-order valence-electron chi connectivity index (χ2n) is 4.97. The first kappa shape index (κ1) is 16.2. The largest absolute Gasteiger partial charge is 0.379 e. The van der Waals surface area contributed by atoms with Gasteiger partial charge in [0.2, 0.25) is 0 Å². The molecule has 0 heterocycles. The van der Waals surface area contributed by atoms with E-state index >= 15 is 0 Å². The molecule has 0 amide bonds. The summed E-state index contributed by atoms with van der Waals surface area (Å²) < 4.78 is 11.4. The molecule has 1 aromatic carbocycles. The van der Waals surface area contributed by atoms with Crippen LogP contribution in [0.3, 0.4) is 0 Å². The van der Waals surface area contributed by atoms with Crippen LogP contribution < -0.4 is 5.73 Å². The van der Waals surface area contributed by atoms with Gasteiger partial charge in [-0.1, -0.05) is 37.6 Å². The third-order valence-corrected chi connectivity index (χ3v) is 3.14. The summed E-state index contributed by atoms with van der Waals surface area (Å²) in [5, 5.41) is 0. The van der Waals surface area contributed by atoms with E-state index in [1.807, 2.05) is 19.1 Å². The van der Waals surface area contributed by atoms with E-state index in [-0.39, 0.29) is 12.1 Å². The highest BCUT2D eigenvalue weighted by Gasteiger charge is 2.18. The first-order valence-electron chi connectivity index (χ1n) is 7.17. The Bertz CT molecular complexity index is 352. The normalized spacial score (nSPS) is 14.3. The van der Waals surface area contributed by atoms with Gasteiger partial charge in [-0.3, -0.25) is 0 Å². The topological polar surface area (TPSA) is 44.5 Å². The second kappa shape index (κ2) is 9.08. The summed E-state index contributed by atoms with van der Waals surface area (Å²) >= 11 is 0. The highest BCUT2D eigenvalue weighted by molar-refractivity contribution is 5.28. The van der Waals surface area contributed by atoms with Crippen molar-refractivity contribution in [1.29, 1.82) is 0 Å². The zero-order valence-electron chi connectivity index (χ0n) is 12.4. The van der Waals surface area contributed by atoms with Crippen LogP contribution >= 0.6 is 0 Å². The molecule has 0 aromatic heterocycles. The van der Waals surface area contributed by atoms with Gasteiger partial charge in [0.1, 0.15) is 0 Å². The number of unbranched alkanes of at least 4 members (excludes halogenated alkanes) is 1. The van der Waals surface area contributed by atoms with Crippen LogP contribution in [0, 0.1) is 6.92 Å². The van der Waals surface area contributed by atoms with E-state index in [1.165, 1.54) is 11.1 Å². The van der Waals surface area contributed by atoms with Crippen LogP contribution in [0.2, 0.25) is 0 Å².